The van der Waals surface area contributed by atoms with Crippen LogP contribution in [0.25, 0.3) is 0 Å². The van der Waals surface area contributed by atoms with E-state index < -0.39 is 17.7 Å². The molecule has 2 rings (SSSR count). The number of rotatable bonds is 4. The molecule has 0 bridgehead atoms. The Balaban J connectivity index is 2.44. The molecule has 1 heterocycles. The Bertz CT molecular complexity index is 602. The van der Waals surface area contributed by atoms with E-state index in [9.17, 15) is 8.78 Å². The summed E-state index contributed by atoms with van der Waals surface area (Å²) in [6, 6.07) is 5.78. The normalized spacial score (nSPS) is 12.2. The highest BCUT2D eigenvalue weighted by molar-refractivity contribution is 5.33. The second kappa shape index (κ2) is 5.92. The van der Waals surface area contributed by atoms with Crippen molar-refractivity contribution in [3.8, 4) is 5.88 Å². The number of halogens is 2. The minimum atomic E-state index is -0.873. The molecule has 1 aromatic carbocycles. The van der Waals surface area contributed by atoms with Gasteiger partial charge in [-0.05, 0) is 25.6 Å². The molecule has 0 fully saturated rings. The fraction of sp³-hybridized carbons (Fsp3) is 0.286. The highest BCUT2D eigenvalue weighted by Gasteiger charge is 2.21. The highest BCUT2D eigenvalue weighted by Crippen LogP contribution is 2.26. The van der Waals surface area contributed by atoms with Crippen LogP contribution in [-0.2, 0) is 0 Å². The van der Waals surface area contributed by atoms with Gasteiger partial charge in [0.15, 0.2) is 11.6 Å². The van der Waals surface area contributed by atoms with Crippen molar-refractivity contribution in [2.45, 2.75) is 13.0 Å². The van der Waals surface area contributed by atoms with E-state index in [0.29, 0.717) is 11.6 Å². The topological polar surface area (TPSA) is 47.0 Å². The predicted octanol–water partition coefficient (Wildman–Crippen LogP) is 2.38. The van der Waals surface area contributed by atoms with E-state index >= 15 is 0 Å². The molecule has 1 aromatic heterocycles. The van der Waals surface area contributed by atoms with Gasteiger partial charge in [-0.2, -0.15) is 0 Å². The minimum Gasteiger partial charge on any atom is -0.480 e. The average molecular weight is 279 g/mol. The van der Waals surface area contributed by atoms with Crippen LogP contribution in [0, 0.1) is 18.6 Å². The van der Waals surface area contributed by atoms with Gasteiger partial charge in [0.1, 0.15) is 0 Å². The standard InChI is InChI=1S/C14H15F2N3O/c1-8-4-5-9(13(16)12(8)15)14(17-2)10-6-7-11(20-3)19-18-10/h4-7,14,17H,1-3H3. The minimum absolute atomic E-state index is 0.190. The summed E-state index contributed by atoms with van der Waals surface area (Å²) >= 11 is 0. The first-order valence-corrected chi connectivity index (χ1v) is 6.07. The largest absolute Gasteiger partial charge is 0.480 e. The van der Waals surface area contributed by atoms with Crippen molar-refractivity contribution in [2.24, 2.45) is 0 Å². The first-order valence-electron chi connectivity index (χ1n) is 6.07. The van der Waals surface area contributed by atoms with Gasteiger partial charge < -0.3 is 10.1 Å². The van der Waals surface area contributed by atoms with Gasteiger partial charge in [-0.3, -0.25) is 0 Å². The van der Waals surface area contributed by atoms with Crippen LogP contribution >= 0.6 is 0 Å². The number of benzene rings is 1. The molecule has 6 heteroatoms. The van der Waals surface area contributed by atoms with Crippen molar-refractivity contribution in [2.75, 3.05) is 14.2 Å². The summed E-state index contributed by atoms with van der Waals surface area (Å²) in [6.45, 7) is 1.52. The molecule has 1 atom stereocenters. The van der Waals surface area contributed by atoms with Crippen LogP contribution in [0.15, 0.2) is 24.3 Å². The Hall–Kier alpha value is -2.08. The lowest BCUT2D eigenvalue weighted by Crippen LogP contribution is -2.21. The average Bonchev–Trinajstić information content (AvgIpc) is 2.48. The van der Waals surface area contributed by atoms with Crippen LogP contribution in [0.4, 0.5) is 8.78 Å². The zero-order valence-electron chi connectivity index (χ0n) is 11.4. The summed E-state index contributed by atoms with van der Waals surface area (Å²) in [5.41, 5.74) is 0.937. The zero-order chi connectivity index (χ0) is 14.7. The van der Waals surface area contributed by atoms with Crippen molar-refractivity contribution < 1.29 is 13.5 Å². The first-order chi connectivity index (χ1) is 9.58. The van der Waals surface area contributed by atoms with E-state index in [4.69, 9.17) is 4.74 Å². The number of methoxy groups -OCH3 is 1. The van der Waals surface area contributed by atoms with E-state index in [1.807, 2.05) is 0 Å². The predicted molar refractivity (Wildman–Crippen MR) is 70.6 cm³/mol. The van der Waals surface area contributed by atoms with Crippen molar-refractivity contribution in [1.29, 1.82) is 0 Å². The smallest absolute Gasteiger partial charge is 0.233 e. The van der Waals surface area contributed by atoms with Crippen LogP contribution in [0.1, 0.15) is 22.9 Å². The van der Waals surface area contributed by atoms with Crippen molar-refractivity contribution in [3.05, 3.63) is 52.7 Å². The fourth-order valence-electron chi connectivity index (χ4n) is 1.94. The lowest BCUT2D eigenvalue weighted by Gasteiger charge is -2.17. The van der Waals surface area contributed by atoms with E-state index in [0.717, 1.165) is 0 Å². The molecule has 0 aliphatic rings. The van der Waals surface area contributed by atoms with Gasteiger partial charge in [-0.15, -0.1) is 10.2 Å². The lowest BCUT2D eigenvalue weighted by molar-refractivity contribution is 0.390. The number of aryl methyl sites for hydroxylation is 1. The number of nitrogens with zero attached hydrogens (tertiary/aromatic N) is 2. The van der Waals surface area contributed by atoms with Crippen LogP contribution in [-0.4, -0.2) is 24.4 Å². The third kappa shape index (κ3) is 2.60. The summed E-state index contributed by atoms with van der Waals surface area (Å²) in [5, 5.41) is 10.7. The van der Waals surface area contributed by atoms with Crippen LogP contribution in [0.2, 0.25) is 0 Å². The van der Waals surface area contributed by atoms with Gasteiger partial charge in [0.05, 0.1) is 18.8 Å². The second-order valence-electron chi connectivity index (χ2n) is 4.32. The molecular formula is C14H15F2N3O. The summed E-state index contributed by atoms with van der Waals surface area (Å²) < 4.78 is 32.6. The summed E-state index contributed by atoms with van der Waals surface area (Å²) in [7, 11) is 3.13. The molecule has 0 saturated heterocycles. The maximum atomic E-state index is 14.0. The summed E-state index contributed by atoms with van der Waals surface area (Å²) in [4.78, 5) is 0. The Kier molecular flexibility index (Phi) is 4.24. The summed E-state index contributed by atoms with van der Waals surface area (Å²) in [6.07, 6.45) is 0. The monoisotopic (exact) mass is 279 g/mol. The van der Waals surface area contributed by atoms with E-state index in [-0.39, 0.29) is 11.1 Å². The van der Waals surface area contributed by atoms with Crippen LogP contribution in [0.5, 0.6) is 5.88 Å². The molecule has 0 aliphatic heterocycles. The quantitative estimate of drug-likeness (QED) is 0.933. The molecular weight excluding hydrogens is 264 g/mol. The Morgan fingerprint density at radius 1 is 1.10 bits per heavy atom. The molecule has 0 spiro atoms. The van der Waals surface area contributed by atoms with Crippen molar-refractivity contribution >= 4 is 0 Å². The maximum absolute atomic E-state index is 14.0. The molecule has 106 valence electrons. The van der Waals surface area contributed by atoms with E-state index in [2.05, 4.69) is 15.5 Å². The Morgan fingerprint density at radius 3 is 2.40 bits per heavy atom. The third-order valence-electron chi connectivity index (χ3n) is 3.07. The second-order valence-corrected chi connectivity index (χ2v) is 4.32. The Labute approximate surface area is 115 Å². The molecule has 1 unspecified atom stereocenters. The van der Waals surface area contributed by atoms with Crippen molar-refractivity contribution in [3.63, 3.8) is 0 Å². The molecule has 1 N–H and O–H groups in total. The fourth-order valence-corrected chi connectivity index (χ4v) is 1.94. The number of hydrogen-bond acceptors (Lipinski definition) is 4. The number of nitrogens with one attached hydrogen (secondary N) is 1. The number of hydrogen-bond donors (Lipinski definition) is 1. The number of aromatic nitrogens is 2. The maximum Gasteiger partial charge on any atom is 0.233 e. The lowest BCUT2D eigenvalue weighted by atomic mass is 10.0. The van der Waals surface area contributed by atoms with Crippen molar-refractivity contribution in [1.82, 2.24) is 15.5 Å². The molecule has 0 saturated carbocycles. The van der Waals surface area contributed by atoms with Gasteiger partial charge in [0.2, 0.25) is 5.88 Å². The molecule has 0 amide bonds. The highest BCUT2D eigenvalue weighted by atomic mass is 19.2. The zero-order valence-corrected chi connectivity index (χ0v) is 11.4. The molecule has 0 aliphatic carbocycles. The molecule has 0 radical (unpaired) electrons. The van der Waals surface area contributed by atoms with Crippen LogP contribution < -0.4 is 10.1 Å². The SMILES string of the molecule is CNC(c1ccc(OC)nn1)c1ccc(C)c(F)c1F. The third-order valence-corrected chi connectivity index (χ3v) is 3.07. The van der Waals surface area contributed by atoms with Gasteiger partial charge in [-0.1, -0.05) is 12.1 Å². The molecule has 4 nitrogen and oxygen atoms in total. The van der Waals surface area contributed by atoms with Gasteiger partial charge in [0.25, 0.3) is 0 Å². The Morgan fingerprint density at radius 2 is 1.85 bits per heavy atom. The van der Waals surface area contributed by atoms with Gasteiger partial charge >= 0.3 is 0 Å². The number of ether oxygens (including phenoxy) is 1. The first kappa shape index (κ1) is 14.3. The van der Waals surface area contributed by atoms with Gasteiger partial charge in [-0.25, -0.2) is 8.78 Å². The van der Waals surface area contributed by atoms with Crippen LogP contribution in [0.3, 0.4) is 0 Å². The molecule has 2 aromatic rings. The van der Waals surface area contributed by atoms with Gasteiger partial charge in [0, 0.05) is 11.6 Å². The molecule has 20 heavy (non-hydrogen) atoms. The van der Waals surface area contributed by atoms with E-state index in [1.165, 1.54) is 20.1 Å². The van der Waals surface area contributed by atoms with E-state index in [1.54, 1.807) is 25.2 Å². The summed E-state index contributed by atoms with van der Waals surface area (Å²) in [5.74, 6) is -1.36.